The predicted octanol–water partition coefficient (Wildman–Crippen LogP) is 4.47. The fourth-order valence-electron chi connectivity index (χ4n) is 2.64. The zero-order valence-electron chi connectivity index (χ0n) is 16.0. The lowest BCUT2D eigenvalue weighted by molar-refractivity contribution is -0.140. The third-order valence-corrected chi connectivity index (χ3v) is 5.08. The molecule has 0 aromatic heterocycles. The maximum absolute atomic E-state index is 11.3. The van der Waals surface area contributed by atoms with E-state index in [0.717, 1.165) is 32.1 Å². The zero-order chi connectivity index (χ0) is 17.7. The SMILES string of the molecule is CCCC/C(CCCC(=O)OC)=C(/C)B1OC(C)(C)C(C)(C)O1. The van der Waals surface area contributed by atoms with Crippen molar-refractivity contribution in [3.63, 3.8) is 0 Å². The molecule has 4 nitrogen and oxygen atoms in total. The summed E-state index contributed by atoms with van der Waals surface area (Å²) >= 11 is 0. The van der Waals surface area contributed by atoms with Gasteiger partial charge in [0.25, 0.3) is 0 Å². The van der Waals surface area contributed by atoms with Crippen LogP contribution in [0.2, 0.25) is 0 Å². The molecule has 23 heavy (non-hydrogen) atoms. The van der Waals surface area contributed by atoms with Crippen LogP contribution in [-0.2, 0) is 18.8 Å². The summed E-state index contributed by atoms with van der Waals surface area (Å²) in [5.74, 6) is -0.145. The van der Waals surface area contributed by atoms with Crippen LogP contribution in [0.3, 0.4) is 0 Å². The molecule has 1 rings (SSSR count). The van der Waals surface area contributed by atoms with Crippen LogP contribution in [0.5, 0.6) is 0 Å². The average molecular weight is 324 g/mol. The van der Waals surface area contributed by atoms with Crippen LogP contribution >= 0.6 is 0 Å². The monoisotopic (exact) mass is 324 g/mol. The zero-order valence-corrected chi connectivity index (χ0v) is 16.0. The van der Waals surface area contributed by atoms with Gasteiger partial charge in [0.15, 0.2) is 0 Å². The Balaban J connectivity index is 2.81. The lowest BCUT2D eigenvalue weighted by Crippen LogP contribution is -2.41. The molecule has 1 aliphatic heterocycles. The van der Waals surface area contributed by atoms with E-state index in [9.17, 15) is 4.79 Å². The standard InChI is InChI=1S/C18H33BO4/c1-8-9-11-15(12-10-13-16(20)21-7)14(2)19-22-17(3,4)18(5,6)23-19/h8-13H2,1-7H3/b15-14+. The molecular formula is C18H33BO4. The molecule has 0 bridgehead atoms. The van der Waals surface area contributed by atoms with Crippen molar-refractivity contribution < 1.29 is 18.8 Å². The predicted molar refractivity (Wildman–Crippen MR) is 94.2 cm³/mol. The Morgan fingerprint density at radius 2 is 1.52 bits per heavy atom. The van der Waals surface area contributed by atoms with E-state index in [0.29, 0.717) is 6.42 Å². The van der Waals surface area contributed by atoms with E-state index in [1.165, 1.54) is 18.2 Å². The maximum Gasteiger partial charge on any atom is 0.490 e. The molecule has 0 aromatic carbocycles. The molecule has 0 radical (unpaired) electrons. The number of methoxy groups -OCH3 is 1. The number of hydrogen-bond acceptors (Lipinski definition) is 4. The molecule has 1 heterocycles. The second-order valence-electron chi connectivity index (χ2n) is 7.41. The summed E-state index contributed by atoms with van der Waals surface area (Å²) in [6.45, 7) is 12.6. The smallest absolute Gasteiger partial charge is 0.469 e. The summed E-state index contributed by atoms with van der Waals surface area (Å²) in [4.78, 5) is 11.3. The molecule has 1 fully saturated rings. The third kappa shape index (κ3) is 5.35. The van der Waals surface area contributed by atoms with Gasteiger partial charge in [0.2, 0.25) is 0 Å². The first kappa shape index (κ1) is 20.2. The number of unbranched alkanes of at least 4 members (excludes halogenated alkanes) is 1. The molecule has 0 spiro atoms. The Morgan fingerprint density at radius 3 is 2.00 bits per heavy atom. The molecule has 0 unspecified atom stereocenters. The Bertz CT molecular complexity index is 424. The van der Waals surface area contributed by atoms with E-state index in [1.807, 2.05) is 0 Å². The minimum atomic E-state index is -0.319. The quantitative estimate of drug-likeness (QED) is 0.488. The Morgan fingerprint density at radius 1 is 1.00 bits per heavy atom. The van der Waals surface area contributed by atoms with Gasteiger partial charge in [-0.2, -0.15) is 0 Å². The first-order valence-corrected chi connectivity index (χ1v) is 8.75. The number of rotatable bonds is 8. The van der Waals surface area contributed by atoms with Gasteiger partial charge in [0, 0.05) is 6.42 Å². The highest BCUT2D eigenvalue weighted by molar-refractivity contribution is 6.54. The summed E-state index contributed by atoms with van der Waals surface area (Å²) < 4.78 is 17.1. The van der Waals surface area contributed by atoms with Crippen molar-refractivity contribution in [1.29, 1.82) is 0 Å². The fourth-order valence-corrected chi connectivity index (χ4v) is 2.64. The minimum Gasteiger partial charge on any atom is -0.469 e. The molecule has 0 N–H and O–H groups in total. The van der Waals surface area contributed by atoms with Crippen molar-refractivity contribution in [3.8, 4) is 0 Å². The van der Waals surface area contributed by atoms with Crippen molar-refractivity contribution in [1.82, 2.24) is 0 Å². The van der Waals surface area contributed by atoms with E-state index in [1.54, 1.807) is 0 Å². The van der Waals surface area contributed by atoms with E-state index in [4.69, 9.17) is 14.0 Å². The van der Waals surface area contributed by atoms with Crippen LogP contribution < -0.4 is 0 Å². The van der Waals surface area contributed by atoms with Crippen LogP contribution in [0.4, 0.5) is 0 Å². The van der Waals surface area contributed by atoms with Crippen molar-refractivity contribution in [2.45, 2.75) is 91.3 Å². The summed E-state index contributed by atoms with van der Waals surface area (Å²) in [5, 5.41) is 0. The van der Waals surface area contributed by atoms with Gasteiger partial charge in [-0.15, -0.1) is 0 Å². The number of carbonyl (C=O) groups excluding carboxylic acids is 1. The molecule has 0 aliphatic carbocycles. The van der Waals surface area contributed by atoms with E-state index >= 15 is 0 Å². The number of allylic oxidation sites excluding steroid dienone is 2. The largest absolute Gasteiger partial charge is 0.490 e. The molecule has 0 aromatic rings. The summed E-state index contributed by atoms with van der Waals surface area (Å²) in [6, 6.07) is 0. The molecule has 5 heteroatoms. The van der Waals surface area contributed by atoms with Crippen molar-refractivity contribution in [2.24, 2.45) is 0 Å². The number of hydrogen-bond donors (Lipinski definition) is 0. The summed E-state index contributed by atoms with van der Waals surface area (Å²) in [6.07, 6.45) is 5.49. The van der Waals surface area contributed by atoms with Crippen LogP contribution in [0.1, 0.15) is 80.1 Å². The maximum atomic E-state index is 11.3. The Labute approximate surface area is 142 Å². The van der Waals surface area contributed by atoms with Gasteiger partial charge in [-0.25, -0.2) is 0 Å². The first-order chi connectivity index (χ1) is 10.6. The second-order valence-corrected chi connectivity index (χ2v) is 7.41. The highest BCUT2D eigenvalue weighted by atomic mass is 16.7. The van der Waals surface area contributed by atoms with Crippen LogP contribution in [0.15, 0.2) is 11.0 Å². The van der Waals surface area contributed by atoms with Gasteiger partial charge in [-0.05, 0) is 65.8 Å². The van der Waals surface area contributed by atoms with Crippen LogP contribution in [0, 0.1) is 0 Å². The highest BCUT2D eigenvalue weighted by Gasteiger charge is 2.51. The fraction of sp³-hybridized carbons (Fsp3) is 0.833. The summed E-state index contributed by atoms with van der Waals surface area (Å²) in [7, 11) is 1.15. The summed E-state index contributed by atoms with van der Waals surface area (Å²) in [5.41, 5.74) is 1.89. The number of ether oxygens (including phenoxy) is 1. The van der Waals surface area contributed by atoms with Gasteiger partial charge in [0.05, 0.1) is 18.3 Å². The number of esters is 1. The van der Waals surface area contributed by atoms with Crippen molar-refractivity contribution in [2.75, 3.05) is 7.11 Å². The van der Waals surface area contributed by atoms with E-state index in [-0.39, 0.29) is 24.3 Å². The molecule has 0 saturated carbocycles. The lowest BCUT2D eigenvalue weighted by Gasteiger charge is -2.32. The molecular weight excluding hydrogens is 291 g/mol. The molecule has 1 saturated heterocycles. The van der Waals surface area contributed by atoms with Gasteiger partial charge >= 0.3 is 13.1 Å². The Hall–Kier alpha value is -0.805. The van der Waals surface area contributed by atoms with Gasteiger partial charge in [0.1, 0.15) is 0 Å². The highest BCUT2D eigenvalue weighted by Crippen LogP contribution is 2.39. The first-order valence-electron chi connectivity index (χ1n) is 8.75. The molecule has 1 aliphatic rings. The lowest BCUT2D eigenvalue weighted by atomic mass is 9.74. The van der Waals surface area contributed by atoms with Gasteiger partial charge < -0.3 is 14.0 Å². The van der Waals surface area contributed by atoms with Crippen LogP contribution in [0.25, 0.3) is 0 Å². The topological polar surface area (TPSA) is 44.8 Å². The van der Waals surface area contributed by atoms with Crippen molar-refractivity contribution >= 4 is 13.1 Å². The van der Waals surface area contributed by atoms with Crippen LogP contribution in [-0.4, -0.2) is 31.4 Å². The molecule has 0 amide bonds. The Kier molecular flexibility index (Phi) is 7.34. The molecule has 0 atom stereocenters. The van der Waals surface area contributed by atoms with E-state index < -0.39 is 0 Å². The van der Waals surface area contributed by atoms with Gasteiger partial charge in [-0.1, -0.05) is 18.9 Å². The van der Waals surface area contributed by atoms with E-state index in [2.05, 4.69) is 41.5 Å². The normalized spacial score (nSPS) is 20.4. The minimum absolute atomic E-state index is 0.145. The second kappa shape index (κ2) is 8.34. The third-order valence-electron chi connectivity index (χ3n) is 5.08. The molecule has 132 valence electrons. The average Bonchev–Trinajstić information content (AvgIpc) is 2.70. The van der Waals surface area contributed by atoms with Gasteiger partial charge in [-0.3, -0.25) is 4.79 Å². The van der Waals surface area contributed by atoms with Crippen molar-refractivity contribution in [3.05, 3.63) is 11.0 Å². The number of carbonyl (C=O) groups is 1.